The summed E-state index contributed by atoms with van der Waals surface area (Å²) in [5.74, 6) is 4.81. The summed E-state index contributed by atoms with van der Waals surface area (Å²) in [7, 11) is 0. The van der Waals surface area contributed by atoms with Crippen LogP contribution in [0.25, 0.3) is 0 Å². The van der Waals surface area contributed by atoms with Gasteiger partial charge in [-0.05, 0) is 0 Å². The Morgan fingerprint density at radius 3 is 2.86 bits per heavy atom. The molecule has 1 rings (SSSR count). The highest BCUT2D eigenvalue weighted by atomic mass is 16.2. The van der Waals surface area contributed by atoms with Crippen LogP contribution in [0.2, 0.25) is 0 Å². The van der Waals surface area contributed by atoms with Crippen LogP contribution in [0.15, 0.2) is 4.99 Å². The largest absolute Gasteiger partial charge is 0.280 e. The van der Waals surface area contributed by atoms with Crippen LogP contribution in [0.4, 0.5) is 0 Å². The summed E-state index contributed by atoms with van der Waals surface area (Å²) in [6.45, 7) is 0.304. The first-order valence-electron chi connectivity index (χ1n) is 1.87. The summed E-state index contributed by atoms with van der Waals surface area (Å²) in [4.78, 5) is 13.8. The molecule has 0 aromatic carbocycles. The Morgan fingerprint density at radius 1 is 2.00 bits per heavy atom. The molecule has 0 spiro atoms. The van der Waals surface area contributed by atoms with Crippen LogP contribution in [-0.4, -0.2) is 23.8 Å². The van der Waals surface area contributed by atoms with Crippen LogP contribution in [0.5, 0.6) is 0 Å². The molecule has 0 fully saturated rings. The third kappa shape index (κ3) is 0.592. The van der Waals surface area contributed by atoms with E-state index in [1.807, 2.05) is 0 Å². The number of aliphatic imine (C=N–C) groups is 1. The van der Waals surface area contributed by atoms with Crippen molar-refractivity contribution in [1.82, 2.24) is 5.01 Å². The fourth-order valence-electron chi connectivity index (χ4n) is 0.351. The number of nitrogens with two attached hydrogens (primary N) is 1. The van der Waals surface area contributed by atoms with Crippen molar-refractivity contribution in [3.05, 3.63) is 0 Å². The minimum atomic E-state index is -0.222. The van der Waals surface area contributed by atoms with Gasteiger partial charge in [-0.1, -0.05) is 0 Å². The van der Waals surface area contributed by atoms with Gasteiger partial charge < -0.3 is 0 Å². The quantitative estimate of drug-likeness (QED) is 0.304. The second kappa shape index (κ2) is 1.31. The van der Waals surface area contributed by atoms with Crippen LogP contribution < -0.4 is 5.84 Å². The van der Waals surface area contributed by atoms with Gasteiger partial charge in [0.15, 0.2) is 0 Å². The number of amides is 1. The van der Waals surface area contributed by atoms with Crippen molar-refractivity contribution in [2.45, 2.75) is 0 Å². The van der Waals surface area contributed by atoms with E-state index in [-0.39, 0.29) is 5.91 Å². The molecule has 0 aromatic heterocycles. The minimum absolute atomic E-state index is 0.222. The molecule has 0 aromatic rings. The van der Waals surface area contributed by atoms with Gasteiger partial charge in [0.1, 0.15) is 6.67 Å². The number of carbonyl (C=O) groups excluding carboxylic acids is 1. The highest BCUT2D eigenvalue weighted by Gasteiger charge is 2.09. The highest BCUT2D eigenvalue weighted by Crippen LogP contribution is 1.85. The second-order valence-electron chi connectivity index (χ2n) is 1.26. The number of nitrogens with zero attached hydrogens (tertiary/aromatic N) is 2. The number of carbonyl (C=O) groups is 1. The molecular formula is C3H5N3O. The molecule has 2 N–H and O–H groups in total. The molecule has 38 valence electrons. The molecule has 1 amide bonds. The highest BCUT2D eigenvalue weighted by molar-refractivity contribution is 6.27. The Labute approximate surface area is 40.6 Å². The van der Waals surface area contributed by atoms with E-state index in [0.29, 0.717) is 6.67 Å². The average Bonchev–Trinajstić information content (AvgIpc) is 1.91. The molecule has 0 bridgehead atoms. The Kier molecular flexibility index (Phi) is 0.796. The summed E-state index contributed by atoms with van der Waals surface area (Å²) in [6, 6.07) is 0. The fraction of sp³-hybridized carbons (Fsp3) is 0.333. The smallest absolute Gasteiger partial charge is 0.266 e. The van der Waals surface area contributed by atoms with E-state index < -0.39 is 0 Å². The van der Waals surface area contributed by atoms with Gasteiger partial charge in [-0.15, -0.1) is 0 Å². The monoisotopic (exact) mass is 99.0 g/mol. The van der Waals surface area contributed by atoms with Gasteiger partial charge in [0.25, 0.3) is 5.91 Å². The summed E-state index contributed by atoms with van der Waals surface area (Å²) < 4.78 is 0. The number of rotatable bonds is 0. The van der Waals surface area contributed by atoms with E-state index in [2.05, 4.69) is 4.99 Å². The van der Waals surface area contributed by atoms with E-state index in [1.165, 1.54) is 6.21 Å². The Balaban J connectivity index is 2.62. The topological polar surface area (TPSA) is 58.7 Å². The Hall–Kier alpha value is -0.900. The van der Waals surface area contributed by atoms with E-state index in [9.17, 15) is 4.79 Å². The molecule has 0 aliphatic carbocycles. The van der Waals surface area contributed by atoms with Crippen LogP contribution in [0, 0.1) is 0 Å². The second-order valence-corrected chi connectivity index (χ2v) is 1.26. The molecule has 7 heavy (non-hydrogen) atoms. The number of hydrogen-bond acceptors (Lipinski definition) is 3. The lowest BCUT2D eigenvalue weighted by molar-refractivity contribution is -0.122. The zero-order valence-electron chi connectivity index (χ0n) is 3.66. The van der Waals surface area contributed by atoms with Crippen LogP contribution in [-0.2, 0) is 4.79 Å². The Bertz CT molecular complexity index is 119. The molecule has 1 heterocycles. The van der Waals surface area contributed by atoms with Crippen molar-refractivity contribution in [3.8, 4) is 0 Å². The number of hydrazine groups is 1. The molecule has 0 unspecified atom stereocenters. The lowest BCUT2D eigenvalue weighted by Gasteiger charge is -2.01. The fourth-order valence-corrected chi connectivity index (χ4v) is 0.351. The zero-order chi connectivity index (χ0) is 5.28. The third-order valence-corrected chi connectivity index (χ3v) is 0.719. The maximum atomic E-state index is 10.2. The Morgan fingerprint density at radius 2 is 2.71 bits per heavy atom. The normalized spacial score (nSPS) is 19.0. The molecule has 0 saturated heterocycles. The first kappa shape index (κ1) is 4.26. The van der Waals surface area contributed by atoms with Crippen LogP contribution in [0.1, 0.15) is 0 Å². The lowest BCUT2D eigenvalue weighted by Crippen LogP contribution is -2.33. The van der Waals surface area contributed by atoms with E-state index in [1.54, 1.807) is 0 Å². The summed E-state index contributed by atoms with van der Waals surface area (Å²) in [6.07, 6.45) is 1.21. The van der Waals surface area contributed by atoms with Gasteiger partial charge in [-0.25, -0.2) is 5.84 Å². The van der Waals surface area contributed by atoms with Gasteiger partial charge in [-0.2, -0.15) is 0 Å². The third-order valence-electron chi connectivity index (χ3n) is 0.719. The van der Waals surface area contributed by atoms with E-state index >= 15 is 0 Å². The van der Waals surface area contributed by atoms with Gasteiger partial charge in [-0.3, -0.25) is 14.8 Å². The summed E-state index contributed by atoms with van der Waals surface area (Å²) >= 11 is 0. The van der Waals surface area contributed by atoms with Gasteiger partial charge in [0.2, 0.25) is 0 Å². The molecular weight excluding hydrogens is 94.1 g/mol. The first-order chi connectivity index (χ1) is 3.30. The zero-order valence-corrected chi connectivity index (χ0v) is 3.66. The van der Waals surface area contributed by atoms with E-state index in [4.69, 9.17) is 5.84 Å². The lowest BCUT2D eigenvalue weighted by atomic mass is 10.7. The van der Waals surface area contributed by atoms with Crippen molar-refractivity contribution < 1.29 is 4.79 Å². The predicted octanol–water partition coefficient (Wildman–Crippen LogP) is -1.27. The SMILES string of the molecule is NN1CN=CC1=O. The standard InChI is InChI=1S/C3H5N3O/c4-6-2-5-1-3(6)7/h1H,2,4H2. The van der Waals surface area contributed by atoms with Crippen LogP contribution in [0.3, 0.4) is 0 Å². The van der Waals surface area contributed by atoms with Crippen LogP contribution >= 0.6 is 0 Å². The first-order valence-corrected chi connectivity index (χ1v) is 1.87. The van der Waals surface area contributed by atoms with Crippen molar-refractivity contribution >= 4 is 12.1 Å². The molecule has 1 aliphatic rings. The molecule has 4 nitrogen and oxygen atoms in total. The molecule has 1 aliphatic heterocycles. The van der Waals surface area contributed by atoms with Crippen molar-refractivity contribution in [3.63, 3.8) is 0 Å². The molecule has 0 radical (unpaired) electrons. The van der Waals surface area contributed by atoms with Gasteiger partial charge in [0, 0.05) is 0 Å². The van der Waals surface area contributed by atoms with Crippen molar-refractivity contribution in [2.75, 3.05) is 6.67 Å². The number of hydrogen-bond donors (Lipinski definition) is 1. The average molecular weight is 99.1 g/mol. The van der Waals surface area contributed by atoms with E-state index in [0.717, 1.165) is 5.01 Å². The van der Waals surface area contributed by atoms with Crippen molar-refractivity contribution in [2.24, 2.45) is 10.8 Å². The van der Waals surface area contributed by atoms with Gasteiger partial charge in [0.05, 0.1) is 6.21 Å². The minimum Gasteiger partial charge on any atom is -0.266 e. The maximum Gasteiger partial charge on any atom is 0.280 e. The predicted molar refractivity (Wildman–Crippen MR) is 24.4 cm³/mol. The summed E-state index contributed by atoms with van der Waals surface area (Å²) in [5.41, 5.74) is 0. The maximum absolute atomic E-state index is 10.2. The molecule has 4 heteroatoms. The van der Waals surface area contributed by atoms with Crippen molar-refractivity contribution in [1.29, 1.82) is 0 Å². The molecule has 0 atom stereocenters. The molecule has 0 saturated carbocycles. The summed E-state index contributed by atoms with van der Waals surface area (Å²) in [5, 5.41) is 1.04. The van der Waals surface area contributed by atoms with Gasteiger partial charge >= 0.3 is 0 Å².